The fraction of sp³-hybridized carbons (Fsp3) is 0.250. The zero-order valence-electron chi connectivity index (χ0n) is 11.6. The maximum Gasteiger partial charge on any atom is 0.127 e. The van der Waals surface area contributed by atoms with Crippen LogP contribution in [0, 0.1) is 13.8 Å². The standard InChI is InChI=1S/C16H17N3O/c1-10-7-11(2)16(20)12(8-10)14-9-15(19-18-14)13-5-3-4-6-17-13/h3-8,15,19-20H,9H2,1-2H3/t15-/m1/s1. The van der Waals surface area contributed by atoms with Crippen molar-refractivity contribution in [3.05, 3.63) is 58.9 Å². The Morgan fingerprint density at radius 2 is 2.10 bits per heavy atom. The maximum absolute atomic E-state index is 10.2. The number of aryl methyl sites for hydroxylation is 2. The summed E-state index contributed by atoms with van der Waals surface area (Å²) in [6.45, 7) is 3.93. The van der Waals surface area contributed by atoms with Crippen LogP contribution in [0.4, 0.5) is 0 Å². The van der Waals surface area contributed by atoms with Crippen LogP contribution < -0.4 is 5.43 Å². The Balaban J connectivity index is 1.88. The molecule has 2 aromatic rings. The van der Waals surface area contributed by atoms with Gasteiger partial charge in [-0.05, 0) is 43.2 Å². The molecule has 4 heteroatoms. The highest BCUT2D eigenvalue weighted by atomic mass is 16.3. The van der Waals surface area contributed by atoms with Crippen LogP contribution in [-0.2, 0) is 0 Å². The number of rotatable bonds is 2. The summed E-state index contributed by atoms with van der Waals surface area (Å²) in [5, 5.41) is 14.6. The van der Waals surface area contributed by atoms with Gasteiger partial charge in [-0.15, -0.1) is 0 Å². The third-order valence-corrected chi connectivity index (χ3v) is 3.55. The SMILES string of the molecule is Cc1cc(C)c(O)c(C2=NN[C@@H](c3ccccn3)C2)c1. The summed E-state index contributed by atoms with van der Waals surface area (Å²) >= 11 is 0. The number of aromatic nitrogens is 1. The van der Waals surface area contributed by atoms with E-state index in [-0.39, 0.29) is 6.04 Å². The zero-order valence-corrected chi connectivity index (χ0v) is 11.6. The van der Waals surface area contributed by atoms with Crippen LogP contribution in [0.1, 0.15) is 34.8 Å². The molecule has 0 saturated heterocycles. The number of nitrogens with one attached hydrogen (secondary N) is 1. The number of pyridine rings is 1. The minimum absolute atomic E-state index is 0.0754. The number of benzene rings is 1. The van der Waals surface area contributed by atoms with Gasteiger partial charge in [0, 0.05) is 18.2 Å². The van der Waals surface area contributed by atoms with Crippen LogP contribution >= 0.6 is 0 Å². The van der Waals surface area contributed by atoms with Crippen molar-refractivity contribution < 1.29 is 5.11 Å². The van der Waals surface area contributed by atoms with Crippen LogP contribution in [0.15, 0.2) is 41.6 Å². The maximum atomic E-state index is 10.2. The molecule has 0 fully saturated rings. The molecule has 0 radical (unpaired) electrons. The Morgan fingerprint density at radius 1 is 1.25 bits per heavy atom. The van der Waals surface area contributed by atoms with Gasteiger partial charge < -0.3 is 10.5 Å². The third kappa shape index (κ3) is 2.25. The van der Waals surface area contributed by atoms with Crippen molar-refractivity contribution in [1.82, 2.24) is 10.4 Å². The van der Waals surface area contributed by atoms with Gasteiger partial charge in [0.25, 0.3) is 0 Å². The Kier molecular flexibility index (Phi) is 3.14. The van der Waals surface area contributed by atoms with E-state index >= 15 is 0 Å². The molecule has 102 valence electrons. The molecule has 3 rings (SSSR count). The largest absolute Gasteiger partial charge is 0.507 e. The van der Waals surface area contributed by atoms with Crippen molar-refractivity contribution >= 4 is 5.71 Å². The van der Waals surface area contributed by atoms with E-state index in [1.54, 1.807) is 6.20 Å². The van der Waals surface area contributed by atoms with E-state index < -0.39 is 0 Å². The summed E-state index contributed by atoms with van der Waals surface area (Å²) in [4.78, 5) is 4.35. The van der Waals surface area contributed by atoms with Crippen molar-refractivity contribution in [1.29, 1.82) is 0 Å². The van der Waals surface area contributed by atoms with Crippen LogP contribution in [0.5, 0.6) is 5.75 Å². The second kappa shape index (κ2) is 4.96. The molecular formula is C16H17N3O. The van der Waals surface area contributed by atoms with Gasteiger partial charge in [-0.1, -0.05) is 12.1 Å². The molecule has 0 bridgehead atoms. The summed E-state index contributed by atoms with van der Waals surface area (Å²) in [6, 6.07) is 9.87. The van der Waals surface area contributed by atoms with E-state index in [0.717, 1.165) is 34.5 Å². The number of phenols is 1. The summed E-state index contributed by atoms with van der Waals surface area (Å²) in [5.41, 5.74) is 7.77. The van der Waals surface area contributed by atoms with E-state index in [1.165, 1.54) is 0 Å². The van der Waals surface area contributed by atoms with Crippen LogP contribution in [-0.4, -0.2) is 15.8 Å². The molecule has 4 nitrogen and oxygen atoms in total. The Morgan fingerprint density at radius 3 is 2.85 bits per heavy atom. The number of aromatic hydroxyl groups is 1. The number of hydrogen-bond donors (Lipinski definition) is 2. The van der Waals surface area contributed by atoms with Crippen molar-refractivity contribution in [2.45, 2.75) is 26.3 Å². The molecule has 2 N–H and O–H groups in total. The van der Waals surface area contributed by atoms with Crippen LogP contribution in [0.25, 0.3) is 0 Å². The fourth-order valence-corrected chi connectivity index (χ4v) is 2.54. The van der Waals surface area contributed by atoms with Gasteiger partial charge in [0.05, 0.1) is 17.4 Å². The molecule has 2 heterocycles. The highest BCUT2D eigenvalue weighted by Gasteiger charge is 2.24. The van der Waals surface area contributed by atoms with Crippen molar-refractivity contribution in [2.75, 3.05) is 0 Å². The van der Waals surface area contributed by atoms with Gasteiger partial charge in [0.15, 0.2) is 0 Å². The van der Waals surface area contributed by atoms with Gasteiger partial charge in [-0.3, -0.25) is 4.98 Å². The summed E-state index contributed by atoms with van der Waals surface area (Å²) in [5.74, 6) is 0.317. The van der Waals surface area contributed by atoms with Crippen molar-refractivity contribution in [2.24, 2.45) is 5.10 Å². The monoisotopic (exact) mass is 267 g/mol. The number of phenolic OH excluding ortho intramolecular Hbond substituents is 1. The van der Waals surface area contributed by atoms with Gasteiger partial charge >= 0.3 is 0 Å². The topological polar surface area (TPSA) is 57.5 Å². The Hall–Kier alpha value is -2.36. The van der Waals surface area contributed by atoms with Crippen molar-refractivity contribution in [3.63, 3.8) is 0 Å². The van der Waals surface area contributed by atoms with Crippen LogP contribution in [0.2, 0.25) is 0 Å². The molecule has 1 aliphatic heterocycles. The second-order valence-corrected chi connectivity index (χ2v) is 5.18. The van der Waals surface area contributed by atoms with Crippen LogP contribution in [0.3, 0.4) is 0 Å². The highest BCUT2D eigenvalue weighted by molar-refractivity contribution is 6.04. The summed E-state index contributed by atoms with van der Waals surface area (Å²) in [6.07, 6.45) is 2.51. The first-order chi connectivity index (χ1) is 9.65. The summed E-state index contributed by atoms with van der Waals surface area (Å²) in [7, 11) is 0. The van der Waals surface area contributed by atoms with E-state index in [9.17, 15) is 5.11 Å². The predicted molar refractivity (Wildman–Crippen MR) is 78.8 cm³/mol. The van der Waals surface area contributed by atoms with Crippen molar-refractivity contribution in [3.8, 4) is 5.75 Å². The van der Waals surface area contributed by atoms with E-state index in [4.69, 9.17) is 0 Å². The van der Waals surface area contributed by atoms with E-state index in [2.05, 4.69) is 15.5 Å². The molecule has 0 amide bonds. The lowest BCUT2D eigenvalue weighted by Crippen LogP contribution is -2.11. The average molecular weight is 267 g/mol. The lowest BCUT2D eigenvalue weighted by atomic mass is 9.97. The molecule has 1 aromatic carbocycles. The molecule has 0 saturated carbocycles. The molecule has 0 unspecified atom stereocenters. The molecule has 1 aliphatic rings. The number of hydrogen-bond acceptors (Lipinski definition) is 4. The van der Waals surface area contributed by atoms with Gasteiger partial charge in [0.1, 0.15) is 5.75 Å². The molecular weight excluding hydrogens is 250 g/mol. The smallest absolute Gasteiger partial charge is 0.127 e. The zero-order chi connectivity index (χ0) is 14.1. The van der Waals surface area contributed by atoms with Gasteiger partial charge in [0.2, 0.25) is 0 Å². The first-order valence-electron chi connectivity index (χ1n) is 6.69. The molecule has 1 aromatic heterocycles. The highest BCUT2D eigenvalue weighted by Crippen LogP contribution is 2.30. The second-order valence-electron chi connectivity index (χ2n) is 5.18. The van der Waals surface area contributed by atoms with Gasteiger partial charge in [-0.25, -0.2) is 0 Å². The first-order valence-corrected chi connectivity index (χ1v) is 6.69. The number of hydrazone groups is 1. The minimum atomic E-state index is 0.0754. The Bertz CT molecular complexity index is 665. The van der Waals surface area contributed by atoms with E-state index in [0.29, 0.717) is 5.75 Å². The fourth-order valence-electron chi connectivity index (χ4n) is 2.54. The predicted octanol–water partition coefficient (Wildman–Crippen LogP) is 2.84. The molecule has 20 heavy (non-hydrogen) atoms. The van der Waals surface area contributed by atoms with Gasteiger partial charge in [-0.2, -0.15) is 5.10 Å². The molecule has 1 atom stereocenters. The number of nitrogens with zero attached hydrogens (tertiary/aromatic N) is 2. The van der Waals surface area contributed by atoms with E-state index in [1.807, 2.05) is 44.2 Å². The lowest BCUT2D eigenvalue weighted by molar-refractivity contribution is 0.469. The normalized spacial score (nSPS) is 17.7. The molecule has 0 spiro atoms. The minimum Gasteiger partial charge on any atom is -0.507 e. The Labute approximate surface area is 118 Å². The lowest BCUT2D eigenvalue weighted by Gasteiger charge is -2.10. The third-order valence-electron chi connectivity index (χ3n) is 3.55. The first kappa shape index (κ1) is 12.7. The average Bonchev–Trinajstić information content (AvgIpc) is 2.93. The molecule has 0 aliphatic carbocycles. The quantitative estimate of drug-likeness (QED) is 0.879. The summed E-state index contributed by atoms with van der Waals surface area (Å²) < 4.78 is 0.